The summed E-state index contributed by atoms with van der Waals surface area (Å²) in [6, 6.07) is 11.9. The summed E-state index contributed by atoms with van der Waals surface area (Å²) in [5, 5.41) is 10.5. The third-order valence-corrected chi connectivity index (χ3v) is 6.58. The second kappa shape index (κ2) is 6.70. The highest BCUT2D eigenvalue weighted by molar-refractivity contribution is 7.92. The highest BCUT2D eigenvalue weighted by atomic mass is 32.2. The van der Waals surface area contributed by atoms with Gasteiger partial charge in [0.25, 0.3) is 10.0 Å². The Hall–Kier alpha value is -2.86. The van der Waals surface area contributed by atoms with E-state index in [0.717, 1.165) is 11.1 Å². The van der Waals surface area contributed by atoms with Crippen molar-refractivity contribution < 1.29 is 18.3 Å². The SMILES string of the molecule is Cc1cc(C)c(C)c(S(=O)(=O)Nc2cccc3cccc(C(=O)O)c23)c1C. The van der Waals surface area contributed by atoms with Crippen molar-refractivity contribution >= 4 is 32.5 Å². The molecule has 3 aromatic rings. The maximum Gasteiger partial charge on any atom is 0.336 e. The number of benzene rings is 3. The largest absolute Gasteiger partial charge is 0.478 e. The number of nitrogens with one attached hydrogen (secondary N) is 1. The zero-order chi connectivity index (χ0) is 19.9. The Morgan fingerprint density at radius 2 is 1.48 bits per heavy atom. The van der Waals surface area contributed by atoms with Crippen molar-refractivity contribution in [2.24, 2.45) is 0 Å². The molecule has 140 valence electrons. The molecule has 6 heteroatoms. The third-order valence-electron chi connectivity index (χ3n) is 4.95. The minimum atomic E-state index is -3.90. The van der Waals surface area contributed by atoms with E-state index in [9.17, 15) is 18.3 Å². The zero-order valence-electron chi connectivity index (χ0n) is 15.6. The van der Waals surface area contributed by atoms with Gasteiger partial charge in [-0.1, -0.05) is 30.3 Å². The monoisotopic (exact) mass is 383 g/mol. The number of anilines is 1. The fraction of sp³-hybridized carbons (Fsp3) is 0.190. The van der Waals surface area contributed by atoms with Gasteiger partial charge in [0, 0.05) is 5.39 Å². The highest BCUT2D eigenvalue weighted by Gasteiger charge is 2.23. The van der Waals surface area contributed by atoms with Crippen LogP contribution in [0.25, 0.3) is 10.8 Å². The number of sulfonamides is 1. The molecule has 0 saturated carbocycles. The van der Waals surface area contributed by atoms with E-state index in [1.54, 1.807) is 44.2 Å². The summed E-state index contributed by atoms with van der Waals surface area (Å²) in [6.07, 6.45) is 0. The fourth-order valence-electron chi connectivity index (χ4n) is 3.38. The molecule has 0 aliphatic rings. The summed E-state index contributed by atoms with van der Waals surface area (Å²) in [4.78, 5) is 11.9. The van der Waals surface area contributed by atoms with Gasteiger partial charge >= 0.3 is 5.97 Å². The van der Waals surface area contributed by atoms with Gasteiger partial charge < -0.3 is 5.11 Å². The van der Waals surface area contributed by atoms with Gasteiger partial charge in [-0.3, -0.25) is 4.72 Å². The van der Waals surface area contributed by atoms with Crippen LogP contribution in [0.2, 0.25) is 0 Å². The minimum Gasteiger partial charge on any atom is -0.478 e. The zero-order valence-corrected chi connectivity index (χ0v) is 16.4. The lowest BCUT2D eigenvalue weighted by molar-refractivity contribution is 0.0699. The lowest BCUT2D eigenvalue weighted by Crippen LogP contribution is -2.17. The standard InChI is InChI=1S/C21H21NO4S/c1-12-11-13(2)15(4)20(14(12)3)27(25,26)22-18-10-6-8-16-7-5-9-17(19(16)18)21(23)24/h5-11,22H,1-4H3,(H,23,24). The Kier molecular flexibility index (Phi) is 4.70. The molecule has 0 spiro atoms. The average Bonchev–Trinajstić information content (AvgIpc) is 2.59. The molecule has 0 aromatic heterocycles. The van der Waals surface area contributed by atoms with Crippen molar-refractivity contribution in [2.75, 3.05) is 4.72 Å². The van der Waals surface area contributed by atoms with E-state index in [2.05, 4.69) is 4.72 Å². The Morgan fingerprint density at radius 3 is 2.04 bits per heavy atom. The van der Waals surface area contributed by atoms with Crippen molar-refractivity contribution in [1.82, 2.24) is 0 Å². The lowest BCUT2D eigenvalue weighted by atomic mass is 10.0. The van der Waals surface area contributed by atoms with Gasteiger partial charge in [0.15, 0.2) is 0 Å². The van der Waals surface area contributed by atoms with Gasteiger partial charge in [0.2, 0.25) is 0 Å². The van der Waals surface area contributed by atoms with E-state index in [1.807, 2.05) is 19.9 Å². The predicted molar refractivity (Wildman–Crippen MR) is 107 cm³/mol. The minimum absolute atomic E-state index is 0.0552. The number of aromatic carboxylic acids is 1. The first kappa shape index (κ1) is 18.9. The Morgan fingerprint density at radius 1 is 0.926 bits per heavy atom. The molecule has 2 N–H and O–H groups in total. The predicted octanol–water partition coefficient (Wildman–Crippen LogP) is 4.57. The van der Waals surface area contributed by atoms with Crippen LogP contribution in [-0.2, 0) is 10.0 Å². The van der Waals surface area contributed by atoms with Gasteiger partial charge in [-0.25, -0.2) is 13.2 Å². The van der Waals surface area contributed by atoms with Crippen molar-refractivity contribution in [1.29, 1.82) is 0 Å². The van der Waals surface area contributed by atoms with Crippen LogP contribution in [0.15, 0.2) is 47.4 Å². The van der Waals surface area contributed by atoms with E-state index in [4.69, 9.17) is 0 Å². The molecule has 0 heterocycles. The van der Waals surface area contributed by atoms with Crippen LogP contribution in [-0.4, -0.2) is 19.5 Å². The van der Waals surface area contributed by atoms with Crippen LogP contribution in [0.3, 0.4) is 0 Å². The number of carboxylic acid groups (broad SMARTS) is 1. The summed E-state index contributed by atoms with van der Waals surface area (Å²) >= 11 is 0. The van der Waals surface area contributed by atoms with Crippen molar-refractivity contribution in [2.45, 2.75) is 32.6 Å². The molecule has 0 aliphatic carbocycles. The van der Waals surface area contributed by atoms with Crippen molar-refractivity contribution in [3.05, 3.63) is 70.3 Å². The summed E-state index contributed by atoms with van der Waals surface area (Å²) in [5.74, 6) is -1.11. The van der Waals surface area contributed by atoms with Crippen LogP contribution >= 0.6 is 0 Å². The molecule has 3 aromatic carbocycles. The maximum absolute atomic E-state index is 13.2. The Balaban J connectivity index is 2.24. The molecular weight excluding hydrogens is 362 g/mol. The van der Waals surface area contributed by atoms with Crippen LogP contribution in [0.4, 0.5) is 5.69 Å². The van der Waals surface area contributed by atoms with Gasteiger partial charge in [0.1, 0.15) is 0 Å². The normalized spacial score (nSPS) is 11.6. The summed E-state index contributed by atoms with van der Waals surface area (Å²) in [6.45, 7) is 7.31. The number of aryl methyl sites for hydroxylation is 2. The van der Waals surface area contributed by atoms with E-state index >= 15 is 0 Å². The molecule has 27 heavy (non-hydrogen) atoms. The quantitative estimate of drug-likeness (QED) is 0.691. The molecule has 0 saturated heterocycles. The molecule has 0 atom stereocenters. The van der Waals surface area contributed by atoms with Gasteiger partial charge in [-0.15, -0.1) is 0 Å². The van der Waals surface area contributed by atoms with Crippen LogP contribution in [0, 0.1) is 27.7 Å². The van der Waals surface area contributed by atoms with Gasteiger partial charge in [0.05, 0.1) is 16.1 Å². The fourth-order valence-corrected chi connectivity index (χ4v) is 5.07. The first-order valence-electron chi connectivity index (χ1n) is 8.48. The molecule has 5 nitrogen and oxygen atoms in total. The topological polar surface area (TPSA) is 83.5 Å². The van der Waals surface area contributed by atoms with E-state index < -0.39 is 16.0 Å². The van der Waals surface area contributed by atoms with Crippen LogP contribution < -0.4 is 4.72 Å². The highest BCUT2D eigenvalue weighted by Crippen LogP contribution is 2.32. The molecular formula is C21H21NO4S. The molecule has 0 unspecified atom stereocenters. The molecule has 0 aliphatic heterocycles. The Bertz CT molecular complexity index is 1150. The second-order valence-corrected chi connectivity index (χ2v) is 8.33. The summed E-state index contributed by atoms with van der Waals surface area (Å²) < 4.78 is 29.0. The van der Waals surface area contributed by atoms with Crippen LogP contribution in [0.5, 0.6) is 0 Å². The summed E-state index contributed by atoms with van der Waals surface area (Å²) in [5.41, 5.74) is 3.46. The molecule has 3 rings (SSSR count). The van der Waals surface area contributed by atoms with Crippen molar-refractivity contribution in [3.8, 4) is 0 Å². The number of carboxylic acids is 1. The van der Waals surface area contributed by atoms with Crippen LogP contribution in [0.1, 0.15) is 32.6 Å². The van der Waals surface area contributed by atoms with Gasteiger partial charge in [-0.05, 0) is 67.5 Å². The molecule has 0 amide bonds. The van der Waals surface area contributed by atoms with E-state index in [-0.39, 0.29) is 16.1 Å². The number of hydrogen-bond acceptors (Lipinski definition) is 3. The molecule has 0 fully saturated rings. The van der Waals surface area contributed by atoms with E-state index in [0.29, 0.717) is 21.9 Å². The number of hydrogen-bond donors (Lipinski definition) is 2. The Labute approximate surface area is 158 Å². The maximum atomic E-state index is 13.2. The molecule has 0 radical (unpaired) electrons. The first-order chi connectivity index (χ1) is 12.6. The second-order valence-electron chi connectivity index (χ2n) is 6.71. The van der Waals surface area contributed by atoms with E-state index in [1.165, 1.54) is 6.07 Å². The van der Waals surface area contributed by atoms with Crippen molar-refractivity contribution in [3.63, 3.8) is 0 Å². The lowest BCUT2D eigenvalue weighted by Gasteiger charge is -2.18. The average molecular weight is 383 g/mol. The summed E-state index contributed by atoms with van der Waals surface area (Å²) in [7, 11) is -3.90. The first-order valence-corrected chi connectivity index (χ1v) is 9.97. The third kappa shape index (κ3) is 3.28. The number of rotatable bonds is 4. The number of fused-ring (bicyclic) bond motifs is 1. The number of carbonyl (C=O) groups is 1. The molecule has 0 bridgehead atoms. The smallest absolute Gasteiger partial charge is 0.336 e. The van der Waals surface area contributed by atoms with Gasteiger partial charge in [-0.2, -0.15) is 0 Å².